The summed E-state index contributed by atoms with van der Waals surface area (Å²) in [6.07, 6.45) is 1.13. The highest BCUT2D eigenvalue weighted by atomic mass is 19.1. The van der Waals surface area contributed by atoms with E-state index >= 15 is 0 Å². The molecule has 0 bridgehead atoms. The highest BCUT2D eigenvalue weighted by Crippen LogP contribution is 2.25. The van der Waals surface area contributed by atoms with Gasteiger partial charge >= 0.3 is 5.97 Å². The summed E-state index contributed by atoms with van der Waals surface area (Å²) < 4.78 is 37.7. The van der Waals surface area contributed by atoms with E-state index in [0.717, 1.165) is 12.1 Å². The maximum atomic E-state index is 14.1. The van der Waals surface area contributed by atoms with Gasteiger partial charge in [0.15, 0.2) is 11.6 Å². The van der Waals surface area contributed by atoms with Crippen molar-refractivity contribution in [2.75, 3.05) is 26.9 Å². The van der Waals surface area contributed by atoms with Gasteiger partial charge in [0.1, 0.15) is 11.4 Å². The van der Waals surface area contributed by atoms with E-state index in [2.05, 4.69) is 5.32 Å². The van der Waals surface area contributed by atoms with Crippen LogP contribution in [0.3, 0.4) is 0 Å². The van der Waals surface area contributed by atoms with E-state index in [4.69, 9.17) is 9.47 Å². The number of carboxylic acid groups (broad SMARTS) is 1. The molecule has 1 unspecified atom stereocenters. The van der Waals surface area contributed by atoms with E-state index in [9.17, 15) is 23.5 Å². The van der Waals surface area contributed by atoms with Crippen LogP contribution in [0.4, 0.5) is 8.78 Å². The van der Waals surface area contributed by atoms with Gasteiger partial charge in [0.25, 0.3) is 5.91 Å². The molecule has 1 aliphatic heterocycles. The number of aliphatic carboxylic acids is 1. The maximum Gasteiger partial charge on any atom is 0.308 e. The predicted molar refractivity (Wildman–Crippen MR) is 79.9 cm³/mol. The number of halogens is 2. The zero-order valence-electron chi connectivity index (χ0n) is 13.2. The van der Waals surface area contributed by atoms with Crippen LogP contribution in [0, 0.1) is 23.5 Å². The largest absolute Gasteiger partial charge is 0.494 e. The molecule has 0 aromatic heterocycles. The second-order valence-electron chi connectivity index (χ2n) is 5.54. The Hall–Kier alpha value is -2.22. The molecule has 0 saturated carbocycles. The third-order valence-electron chi connectivity index (χ3n) is 4.14. The number of carboxylic acids is 1. The zero-order chi connectivity index (χ0) is 17.7. The van der Waals surface area contributed by atoms with Gasteiger partial charge in [0.2, 0.25) is 0 Å². The molecule has 1 aromatic carbocycles. The fourth-order valence-electron chi connectivity index (χ4n) is 2.76. The lowest BCUT2D eigenvalue weighted by Gasteiger charge is -2.27. The van der Waals surface area contributed by atoms with Crippen molar-refractivity contribution in [1.82, 2.24) is 5.32 Å². The molecule has 1 heterocycles. The summed E-state index contributed by atoms with van der Waals surface area (Å²) in [5.74, 6) is -5.49. The number of amides is 1. The fraction of sp³-hybridized carbons (Fsp3) is 0.500. The van der Waals surface area contributed by atoms with E-state index in [1.54, 1.807) is 0 Å². The molecule has 2 rings (SSSR count). The van der Waals surface area contributed by atoms with Gasteiger partial charge in [-0.05, 0) is 30.9 Å². The van der Waals surface area contributed by atoms with E-state index in [-0.39, 0.29) is 18.2 Å². The molecule has 1 amide bonds. The Labute approximate surface area is 137 Å². The van der Waals surface area contributed by atoms with E-state index < -0.39 is 35.0 Å². The molecule has 1 aromatic rings. The molecule has 1 saturated heterocycles. The quantitative estimate of drug-likeness (QED) is 0.823. The van der Waals surface area contributed by atoms with Crippen molar-refractivity contribution in [1.29, 1.82) is 0 Å². The van der Waals surface area contributed by atoms with Crippen LogP contribution in [0.2, 0.25) is 0 Å². The Morgan fingerprint density at radius 3 is 2.62 bits per heavy atom. The van der Waals surface area contributed by atoms with Crippen LogP contribution in [0.5, 0.6) is 5.75 Å². The van der Waals surface area contributed by atoms with Crippen molar-refractivity contribution in [3.05, 3.63) is 29.3 Å². The van der Waals surface area contributed by atoms with Crippen LogP contribution < -0.4 is 10.1 Å². The number of carbonyl (C=O) groups excluding carboxylic acids is 1. The first-order valence-electron chi connectivity index (χ1n) is 7.56. The SMILES string of the molecule is COc1ccc(F)c(C(=O)NCC(C(=O)O)C2CCOCC2)c1F. The standard InChI is InChI=1S/C16H19F2NO5/c1-23-12-3-2-11(17)13(14(12)18)15(20)19-8-10(16(21)22)9-4-6-24-7-5-9/h2-3,9-10H,4-8H2,1H3,(H,19,20)(H,21,22). The molecule has 8 heteroatoms. The fourth-order valence-corrected chi connectivity index (χ4v) is 2.76. The molecular formula is C16H19F2NO5. The van der Waals surface area contributed by atoms with Gasteiger partial charge in [-0.2, -0.15) is 0 Å². The van der Waals surface area contributed by atoms with Crippen molar-refractivity contribution in [2.45, 2.75) is 12.8 Å². The lowest BCUT2D eigenvalue weighted by molar-refractivity contribution is -0.144. The highest BCUT2D eigenvalue weighted by Gasteiger charge is 2.31. The van der Waals surface area contributed by atoms with Crippen LogP contribution in [-0.2, 0) is 9.53 Å². The summed E-state index contributed by atoms with van der Waals surface area (Å²) in [4.78, 5) is 23.5. The lowest BCUT2D eigenvalue weighted by Crippen LogP contribution is -2.39. The van der Waals surface area contributed by atoms with Gasteiger partial charge in [-0.3, -0.25) is 9.59 Å². The summed E-state index contributed by atoms with van der Waals surface area (Å²) in [5, 5.41) is 11.7. The molecule has 2 N–H and O–H groups in total. The Balaban J connectivity index is 2.10. The number of ether oxygens (including phenoxy) is 2. The number of rotatable bonds is 6. The Kier molecular flexibility index (Phi) is 6.08. The molecule has 0 aliphatic carbocycles. The summed E-state index contributed by atoms with van der Waals surface area (Å²) in [7, 11) is 1.20. The van der Waals surface area contributed by atoms with E-state index in [1.165, 1.54) is 7.11 Å². The topological polar surface area (TPSA) is 84.9 Å². The number of methoxy groups -OCH3 is 1. The van der Waals surface area contributed by atoms with Crippen LogP contribution in [0.15, 0.2) is 12.1 Å². The smallest absolute Gasteiger partial charge is 0.308 e. The van der Waals surface area contributed by atoms with Gasteiger partial charge in [-0.25, -0.2) is 8.78 Å². The molecule has 1 aliphatic rings. The van der Waals surface area contributed by atoms with Crippen LogP contribution in [0.1, 0.15) is 23.2 Å². The molecule has 0 spiro atoms. The van der Waals surface area contributed by atoms with Gasteiger partial charge in [0.05, 0.1) is 13.0 Å². The predicted octanol–water partition coefficient (Wildman–Crippen LogP) is 1.83. The minimum atomic E-state index is -1.12. The molecule has 1 atom stereocenters. The van der Waals surface area contributed by atoms with Gasteiger partial charge < -0.3 is 19.9 Å². The maximum absolute atomic E-state index is 14.1. The molecule has 0 radical (unpaired) electrons. The van der Waals surface area contributed by atoms with Crippen molar-refractivity contribution in [2.24, 2.45) is 11.8 Å². The summed E-state index contributed by atoms with van der Waals surface area (Å²) in [5.41, 5.74) is -0.787. The third kappa shape index (κ3) is 4.00. The van der Waals surface area contributed by atoms with Gasteiger partial charge in [0, 0.05) is 19.8 Å². The molecular weight excluding hydrogens is 324 g/mol. The molecule has 24 heavy (non-hydrogen) atoms. The zero-order valence-corrected chi connectivity index (χ0v) is 13.2. The number of hydrogen-bond acceptors (Lipinski definition) is 4. The van der Waals surface area contributed by atoms with E-state index in [0.29, 0.717) is 26.1 Å². The molecule has 6 nitrogen and oxygen atoms in total. The average molecular weight is 343 g/mol. The van der Waals surface area contributed by atoms with E-state index in [1.807, 2.05) is 0 Å². The Bertz CT molecular complexity index is 617. The first kappa shape index (κ1) is 18.1. The number of carbonyl (C=O) groups is 2. The van der Waals surface area contributed by atoms with Crippen molar-refractivity contribution < 1.29 is 33.0 Å². The van der Waals surface area contributed by atoms with Crippen LogP contribution >= 0.6 is 0 Å². The second kappa shape index (κ2) is 8.05. The van der Waals surface area contributed by atoms with Gasteiger partial charge in [-0.1, -0.05) is 0 Å². The molecule has 132 valence electrons. The van der Waals surface area contributed by atoms with Crippen LogP contribution in [0.25, 0.3) is 0 Å². The first-order chi connectivity index (χ1) is 11.5. The Morgan fingerprint density at radius 1 is 1.38 bits per heavy atom. The lowest BCUT2D eigenvalue weighted by atomic mass is 9.86. The minimum Gasteiger partial charge on any atom is -0.494 e. The van der Waals surface area contributed by atoms with Gasteiger partial charge in [-0.15, -0.1) is 0 Å². The number of hydrogen-bond donors (Lipinski definition) is 2. The second-order valence-corrected chi connectivity index (χ2v) is 5.54. The summed E-state index contributed by atoms with van der Waals surface area (Å²) >= 11 is 0. The Morgan fingerprint density at radius 2 is 2.04 bits per heavy atom. The number of benzene rings is 1. The first-order valence-corrected chi connectivity index (χ1v) is 7.56. The summed E-state index contributed by atoms with van der Waals surface area (Å²) in [6.45, 7) is 0.706. The normalized spacial score (nSPS) is 16.5. The average Bonchev–Trinajstić information content (AvgIpc) is 2.56. The van der Waals surface area contributed by atoms with Crippen molar-refractivity contribution >= 4 is 11.9 Å². The number of nitrogens with one attached hydrogen (secondary N) is 1. The van der Waals surface area contributed by atoms with Crippen molar-refractivity contribution in [3.63, 3.8) is 0 Å². The molecule has 1 fully saturated rings. The van der Waals surface area contributed by atoms with Crippen molar-refractivity contribution in [3.8, 4) is 5.75 Å². The summed E-state index contributed by atoms with van der Waals surface area (Å²) in [6, 6.07) is 1.99. The monoisotopic (exact) mass is 343 g/mol. The third-order valence-corrected chi connectivity index (χ3v) is 4.14. The minimum absolute atomic E-state index is 0.156. The highest BCUT2D eigenvalue weighted by molar-refractivity contribution is 5.95. The van der Waals surface area contributed by atoms with Crippen LogP contribution in [-0.4, -0.2) is 43.9 Å².